The molecule has 5 nitrogen and oxygen atoms in total. The first-order valence-electron chi connectivity index (χ1n) is 5.93. The molecule has 1 aliphatic heterocycles. The van der Waals surface area contributed by atoms with E-state index in [1.807, 2.05) is 12.1 Å². The Hall–Kier alpha value is -2.32. The average molecular weight is 291 g/mol. The average Bonchev–Trinajstić information content (AvgIpc) is 2.41. The first-order chi connectivity index (χ1) is 9.56. The van der Waals surface area contributed by atoms with Crippen LogP contribution in [0.15, 0.2) is 29.4 Å². The molecule has 1 N–H and O–H groups in total. The Morgan fingerprint density at radius 2 is 2.05 bits per heavy atom. The highest BCUT2D eigenvalue weighted by Crippen LogP contribution is 2.17. The zero-order valence-corrected chi connectivity index (χ0v) is 11.2. The number of rotatable bonds is 2. The molecule has 0 aromatic heterocycles. The van der Waals surface area contributed by atoms with Crippen molar-refractivity contribution in [2.24, 2.45) is 5.10 Å². The second kappa shape index (κ2) is 6.22. The molecule has 2 rings (SSSR count). The molecule has 0 radical (unpaired) electrons. The molecule has 1 aliphatic rings. The van der Waals surface area contributed by atoms with E-state index in [1.54, 1.807) is 12.1 Å². The summed E-state index contributed by atoms with van der Waals surface area (Å²) in [6.45, 7) is 0. The number of carbonyl (C=O) groups excluding carboxylic acids is 1. The summed E-state index contributed by atoms with van der Waals surface area (Å²) < 4.78 is 0. The lowest BCUT2D eigenvalue weighted by Crippen LogP contribution is -2.28. The highest BCUT2D eigenvalue weighted by molar-refractivity contribution is 6.30. The maximum absolute atomic E-state index is 11.6. The van der Waals surface area contributed by atoms with Gasteiger partial charge in [0, 0.05) is 23.9 Å². The van der Waals surface area contributed by atoms with Crippen molar-refractivity contribution in [2.75, 3.05) is 0 Å². The first kappa shape index (κ1) is 14.1. The van der Waals surface area contributed by atoms with E-state index in [1.165, 1.54) is 0 Å². The molecule has 0 fully saturated rings. The zero-order chi connectivity index (χ0) is 14.5. The SMILES string of the molecule is O=C(O)CC#CN1N=C(c2ccc(Cl)cc2)CCC1=O. The molecule has 1 aromatic carbocycles. The van der Waals surface area contributed by atoms with Crippen LogP contribution in [0.3, 0.4) is 0 Å². The van der Waals surface area contributed by atoms with Crippen LogP contribution in [0.4, 0.5) is 0 Å². The predicted octanol–water partition coefficient (Wildman–Crippen LogP) is 2.10. The van der Waals surface area contributed by atoms with Crippen LogP contribution in [-0.4, -0.2) is 27.7 Å². The Bertz CT molecular complexity index is 626. The van der Waals surface area contributed by atoms with Crippen molar-refractivity contribution >= 4 is 29.2 Å². The zero-order valence-electron chi connectivity index (χ0n) is 10.5. The van der Waals surface area contributed by atoms with Gasteiger partial charge in [0.05, 0.1) is 5.71 Å². The fourth-order valence-corrected chi connectivity index (χ4v) is 1.81. The lowest BCUT2D eigenvalue weighted by Gasteiger charge is -2.18. The minimum Gasteiger partial charge on any atom is -0.481 e. The van der Waals surface area contributed by atoms with Gasteiger partial charge >= 0.3 is 5.97 Å². The van der Waals surface area contributed by atoms with Crippen LogP contribution in [-0.2, 0) is 9.59 Å². The van der Waals surface area contributed by atoms with E-state index < -0.39 is 5.97 Å². The van der Waals surface area contributed by atoms with E-state index in [4.69, 9.17) is 16.7 Å². The molecule has 0 spiro atoms. The number of hydrogen-bond acceptors (Lipinski definition) is 3. The number of carbonyl (C=O) groups is 2. The second-order valence-electron chi connectivity index (χ2n) is 4.12. The molecule has 0 bridgehead atoms. The molecule has 6 heteroatoms. The van der Waals surface area contributed by atoms with Gasteiger partial charge in [0.25, 0.3) is 5.91 Å². The third-order valence-electron chi connectivity index (χ3n) is 2.63. The summed E-state index contributed by atoms with van der Waals surface area (Å²) in [5.41, 5.74) is 1.60. The molecule has 1 amide bonds. The fraction of sp³-hybridized carbons (Fsp3) is 0.214. The van der Waals surface area contributed by atoms with Gasteiger partial charge in [0.1, 0.15) is 6.42 Å². The van der Waals surface area contributed by atoms with Gasteiger partial charge < -0.3 is 5.11 Å². The van der Waals surface area contributed by atoms with E-state index >= 15 is 0 Å². The van der Waals surface area contributed by atoms with Crippen LogP contribution < -0.4 is 0 Å². The van der Waals surface area contributed by atoms with Gasteiger partial charge in [0.15, 0.2) is 0 Å². The van der Waals surface area contributed by atoms with E-state index in [9.17, 15) is 9.59 Å². The van der Waals surface area contributed by atoms with Gasteiger partial charge in [-0.2, -0.15) is 10.1 Å². The summed E-state index contributed by atoms with van der Waals surface area (Å²) in [5.74, 6) is 1.12. The van der Waals surface area contributed by atoms with Crippen LogP contribution in [0.1, 0.15) is 24.8 Å². The number of amides is 1. The highest BCUT2D eigenvalue weighted by atomic mass is 35.5. The van der Waals surface area contributed by atoms with E-state index in [0.717, 1.165) is 16.3 Å². The number of halogens is 1. The second-order valence-corrected chi connectivity index (χ2v) is 4.55. The van der Waals surface area contributed by atoms with Crippen molar-refractivity contribution in [3.05, 3.63) is 34.9 Å². The van der Waals surface area contributed by atoms with Gasteiger partial charge in [-0.15, -0.1) is 0 Å². The number of benzene rings is 1. The maximum Gasteiger partial charge on any atom is 0.315 e. The molecule has 1 aromatic rings. The van der Waals surface area contributed by atoms with Crippen molar-refractivity contribution in [2.45, 2.75) is 19.3 Å². The molecule has 0 saturated carbocycles. The monoisotopic (exact) mass is 290 g/mol. The first-order valence-corrected chi connectivity index (χ1v) is 6.31. The number of nitrogens with zero attached hydrogens (tertiary/aromatic N) is 2. The van der Waals surface area contributed by atoms with Crippen molar-refractivity contribution in [3.8, 4) is 12.0 Å². The number of aliphatic carboxylic acids is 1. The minimum atomic E-state index is -1.04. The third kappa shape index (κ3) is 3.59. The molecule has 102 valence electrons. The van der Waals surface area contributed by atoms with Crippen LogP contribution in [0.2, 0.25) is 5.02 Å². The van der Waals surface area contributed by atoms with Gasteiger partial charge in [-0.05, 0) is 17.7 Å². The Morgan fingerprint density at radius 1 is 1.35 bits per heavy atom. The standard InChI is InChI=1S/C14H11ClN2O3/c15-11-5-3-10(4-6-11)12-7-8-13(18)17(16-12)9-1-2-14(19)20/h3-6H,2,7-8H2,(H,19,20). The van der Waals surface area contributed by atoms with Gasteiger partial charge in [0.2, 0.25) is 0 Å². The fourth-order valence-electron chi connectivity index (χ4n) is 1.68. The maximum atomic E-state index is 11.6. The summed E-state index contributed by atoms with van der Waals surface area (Å²) >= 11 is 5.82. The summed E-state index contributed by atoms with van der Waals surface area (Å²) in [5, 5.41) is 14.3. The molecular formula is C14H11ClN2O3. The lowest BCUT2D eigenvalue weighted by atomic mass is 10.0. The quantitative estimate of drug-likeness (QED) is 0.848. The topological polar surface area (TPSA) is 70.0 Å². The van der Waals surface area contributed by atoms with Crippen molar-refractivity contribution in [1.29, 1.82) is 0 Å². The molecular weight excluding hydrogens is 280 g/mol. The summed E-state index contributed by atoms with van der Waals surface area (Å²) in [6.07, 6.45) is 0.496. The van der Waals surface area contributed by atoms with Crippen molar-refractivity contribution in [3.63, 3.8) is 0 Å². The van der Waals surface area contributed by atoms with E-state index in [-0.39, 0.29) is 12.3 Å². The molecule has 20 heavy (non-hydrogen) atoms. The molecule has 0 saturated heterocycles. The van der Waals surface area contributed by atoms with Gasteiger partial charge in [-0.1, -0.05) is 29.7 Å². The number of carboxylic acids is 1. The Balaban J connectivity index is 2.21. The molecule has 1 heterocycles. The number of carboxylic acid groups (broad SMARTS) is 1. The minimum absolute atomic E-state index is 0.236. The van der Waals surface area contributed by atoms with Crippen LogP contribution in [0, 0.1) is 12.0 Å². The predicted molar refractivity (Wildman–Crippen MR) is 74.1 cm³/mol. The Kier molecular flexibility index (Phi) is 4.38. The Labute approximate surface area is 120 Å². The highest BCUT2D eigenvalue weighted by Gasteiger charge is 2.20. The smallest absolute Gasteiger partial charge is 0.315 e. The van der Waals surface area contributed by atoms with Gasteiger partial charge in [-0.25, -0.2) is 0 Å². The molecule has 0 aliphatic carbocycles. The lowest BCUT2D eigenvalue weighted by molar-refractivity contribution is -0.136. The molecule has 0 unspecified atom stereocenters. The van der Waals surface area contributed by atoms with Crippen LogP contribution in [0.25, 0.3) is 0 Å². The summed E-state index contributed by atoms with van der Waals surface area (Å²) in [7, 11) is 0. The molecule has 0 atom stereocenters. The van der Waals surface area contributed by atoms with Crippen molar-refractivity contribution in [1.82, 2.24) is 5.01 Å². The van der Waals surface area contributed by atoms with E-state index in [2.05, 4.69) is 17.1 Å². The summed E-state index contributed by atoms with van der Waals surface area (Å²) in [6, 6.07) is 9.58. The summed E-state index contributed by atoms with van der Waals surface area (Å²) in [4.78, 5) is 22.0. The van der Waals surface area contributed by atoms with Gasteiger partial charge in [-0.3, -0.25) is 9.59 Å². The normalized spacial score (nSPS) is 14.3. The largest absolute Gasteiger partial charge is 0.481 e. The van der Waals surface area contributed by atoms with E-state index in [0.29, 0.717) is 17.9 Å². The number of hydrogen-bond donors (Lipinski definition) is 1. The number of hydrazone groups is 1. The van der Waals surface area contributed by atoms with Crippen LogP contribution >= 0.6 is 11.6 Å². The van der Waals surface area contributed by atoms with Crippen molar-refractivity contribution < 1.29 is 14.7 Å². The third-order valence-corrected chi connectivity index (χ3v) is 2.89. The Morgan fingerprint density at radius 3 is 2.70 bits per heavy atom. The van der Waals surface area contributed by atoms with Crippen LogP contribution in [0.5, 0.6) is 0 Å².